The number of carbonyl (C=O) groups is 4. The summed E-state index contributed by atoms with van der Waals surface area (Å²) in [5.41, 5.74) is 2.17. The lowest BCUT2D eigenvalue weighted by Gasteiger charge is -2.46. The number of nitrogens with one attached hydrogen (secondary N) is 2. The quantitative estimate of drug-likeness (QED) is 0.0259. The first-order valence-corrected chi connectivity index (χ1v) is 24.0. The number of aromatic nitrogens is 2. The van der Waals surface area contributed by atoms with E-state index < -0.39 is 146 Å². The second kappa shape index (κ2) is 22.5. The van der Waals surface area contributed by atoms with E-state index in [0.717, 1.165) is 47.2 Å². The van der Waals surface area contributed by atoms with Gasteiger partial charge in [0.2, 0.25) is 11.3 Å². The highest BCUT2D eigenvalue weighted by atomic mass is 31.2. The van der Waals surface area contributed by atoms with Gasteiger partial charge in [0.05, 0.1) is 30.9 Å². The number of fused-ring (bicyclic) bond motifs is 2. The van der Waals surface area contributed by atoms with E-state index in [2.05, 4.69) is 15.6 Å². The minimum atomic E-state index is -5.70. The SMILES string of the molecule is Nc1ccn([C@@H]2O[C@H](COP(=O)(O)O[C@@]3(C(=O)O)CC(O)[C@@H](NC(=O)CCCCCNC(=O)c4ccc(C(=O)O)c(-c5c6cc(F)c(=O)cc-6oc6cc(O)c(F)cc56)c4)[C@H](C(O)[C@H](O)CO)O3)[C@@H](O)[C@H]2O)c(=O)n1. The van der Waals surface area contributed by atoms with Crippen molar-refractivity contribution in [2.75, 3.05) is 25.5 Å². The summed E-state index contributed by atoms with van der Waals surface area (Å²) in [5.74, 6) is -12.3. The molecular weight excluding hydrogens is 1030 g/mol. The summed E-state index contributed by atoms with van der Waals surface area (Å²) in [6.45, 7) is -2.29. The average molecular weight is 1080 g/mol. The molecule has 1 aromatic heterocycles. The highest BCUT2D eigenvalue weighted by molar-refractivity contribution is 7.47. The number of rotatable bonds is 20. The molecule has 2 fully saturated rings. The van der Waals surface area contributed by atoms with E-state index in [0.29, 0.717) is 0 Å². The molecule has 7 rings (SSSR count). The number of phosphoric ester groups is 1. The first kappa shape index (κ1) is 55.9. The summed E-state index contributed by atoms with van der Waals surface area (Å²) in [6, 6.07) is 6.05. The predicted molar refractivity (Wildman–Crippen MR) is 246 cm³/mol. The van der Waals surface area contributed by atoms with Gasteiger partial charge in [0.25, 0.3) is 11.7 Å². The average Bonchev–Trinajstić information content (AvgIpc) is 3.63. The fourth-order valence-corrected chi connectivity index (χ4v) is 9.46. The summed E-state index contributed by atoms with van der Waals surface area (Å²) >= 11 is 0. The molecule has 0 radical (unpaired) electrons. The van der Waals surface area contributed by atoms with Crippen LogP contribution in [0.2, 0.25) is 0 Å². The monoisotopic (exact) mass is 1080 g/mol. The Bertz CT molecular complexity index is 3140. The Kier molecular flexibility index (Phi) is 16.8. The maximum Gasteiger partial charge on any atom is 0.475 e. The molecule has 2 amide bonds. The van der Waals surface area contributed by atoms with E-state index in [4.69, 9.17) is 28.7 Å². The van der Waals surface area contributed by atoms with Gasteiger partial charge in [0.15, 0.2) is 23.6 Å². The Morgan fingerprint density at radius 1 is 0.973 bits per heavy atom. The number of anilines is 1. The maximum absolute atomic E-state index is 14.7. The standard InChI is InChI=1S/C45H48F2N5O22P/c46-23-11-21-29(13-25(23)54)71-30-14-26(55)24(47)12-22(30)34(21)20-10-18(5-6-19(20)42(63)64)40(62)49-8-3-1-2-4-33(58)51-35-27(56)15-45(43(65)66,73-39(35)36(59)28(57)16-53)74-75(68,69)70-17-31-37(60)38(61)41(72-31)52-9-7-32(48)50-44(52)67/h5-7,9-14,27-28,31,35-39,41,53-54,56-57,59-61H,1-4,8,15-17H2,(H,49,62)(H,51,58)(H,63,64)(H,65,66)(H,68,69)(H2,48,50,67)/t27?,28-,31-,35-,36?,37-,38-,39-,41-,45-/m1/s1. The number of aliphatic hydroxyl groups is 6. The Hall–Kier alpha value is -6.86. The molecule has 3 unspecified atom stereocenters. The molecular formula is C45H48F2N5O22P. The van der Waals surface area contributed by atoms with Crippen LogP contribution in [0.5, 0.6) is 5.75 Å². The molecule has 0 spiro atoms. The van der Waals surface area contributed by atoms with Crippen molar-refractivity contribution in [3.8, 4) is 28.2 Å². The molecule has 11 atom stereocenters. The Labute approximate surface area is 418 Å². The number of hydrogen-bond acceptors (Lipinski definition) is 21. The highest BCUT2D eigenvalue weighted by Gasteiger charge is 2.59. The molecule has 3 aromatic rings. The zero-order chi connectivity index (χ0) is 54.8. The number of phenolic OH excluding ortho intramolecular Hbond substituents is 1. The number of aromatic carboxylic acids is 1. The molecule has 404 valence electrons. The first-order chi connectivity index (χ1) is 35.3. The summed E-state index contributed by atoms with van der Waals surface area (Å²) in [6.07, 6.45) is -15.6. The van der Waals surface area contributed by atoms with Crippen LogP contribution in [0, 0.1) is 11.6 Å². The molecule has 2 saturated heterocycles. The van der Waals surface area contributed by atoms with E-state index in [1.54, 1.807) is 0 Å². The molecule has 0 bridgehead atoms. The van der Waals surface area contributed by atoms with Crippen LogP contribution in [0.25, 0.3) is 33.4 Å². The number of phosphoric acid groups is 1. The third-order valence-corrected chi connectivity index (χ3v) is 13.3. The van der Waals surface area contributed by atoms with Gasteiger partial charge >= 0.3 is 25.5 Å². The van der Waals surface area contributed by atoms with Crippen molar-refractivity contribution in [2.45, 2.75) is 92.9 Å². The molecule has 0 saturated carbocycles. The fraction of sp³-hybridized carbons (Fsp3) is 0.400. The Balaban J connectivity index is 0.966. The van der Waals surface area contributed by atoms with Crippen molar-refractivity contribution in [3.05, 3.63) is 98.2 Å². The van der Waals surface area contributed by atoms with Crippen molar-refractivity contribution in [2.24, 2.45) is 0 Å². The smallest absolute Gasteiger partial charge is 0.475 e. The fourth-order valence-electron chi connectivity index (χ4n) is 8.50. The topological polar surface area (TPSA) is 440 Å². The minimum absolute atomic E-state index is 0.0217. The highest BCUT2D eigenvalue weighted by Crippen LogP contribution is 2.52. The Morgan fingerprint density at radius 2 is 1.71 bits per heavy atom. The zero-order valence-electron chi connectivity index (χ0n) is 38.6. The van der Waals surface area contributed by atoms with Gasteiger partial charge in [0.1, 0.15) is 53.8 Å². The molecule has 3 aliphatic heterocycles. The number of aliphatic hydroxyl groups excluding tert-OH is 6. The number of carboxylic acid groups (broad SMARTS) is 2. The molecule has 27 nitrogen and oxygen atoms in total. The van der Waals surface area contributed by atoms with Crippen molar-refractivity contribution < 1.29 is 106 Å². The van der Waals surface area contributed by atoms with Gasteiger partial charge in [0, 0.05) is 59.8 Å². The third-order valence-electron chi connectivity index (χ3n) is 12.3. The number of aromatic hydroxyl groups is 1. The molecule has 75 heavy (non-hydrogen) atoms. The van der Waals surface area contributed by atoms with Crippen LogP contribution in [-0.2, 0) is 32.7 Å². The number of nitrogen functional groups attached to an aromatic ring is 1. The number of amides is 2. The van der Waals surface area contributed by atoms with Crippen molar-refractivity contribution in [3.63, 3.8) is 0 Å². The Morgan fingerprint density at radius 3 is 2.39 bits per heavy atom. The van der Waals surface area contributed by atoms with Gasteiger partial charge in [-0.25, -0.2) is 32.3 Å². The number of halogens is 2. The summed E-state index contributed by atoms with van der Waals surface area (Å²) in [5, 5.41) is 98.2. The second-order valence-electron chi connectivity index (χ2n) is 17.4. The van der Waals surface area contributed by atoms with Crippen LogP contribution < -0.4 is 27.5 Å². The lowest BCUT2D eigenvalue weighted by Crippen LogP contribution is -2.67. The van der Waals surface area contributed by atoms with E-state index in [1.165, 1.54) is 12.1 Å². The number of carboxylic acids is 2. The van der Waals surface area contributed by atoms with Crippen LogP contribution in [0.15, 0.2) is 68.7 Å². The number of benzene rings is 3. The number of phenols is 1. The molecule has 4 aliphatic rings. The maximum atomic E-state index is 14.7. The molecule has 1 aliphatic carbocycles. The second-order valence-corrected chi connectivity index (χ2v) is 18.8. The first-order valence-electron chi connectivity index (χ1n) is 22.5. The van der Waals surface area contributed by atoms with Crippen LogP contribution in [0.1, 0.15) is 59.0 Å². The van der Waals surface area contributed by atoms with Gasteiger partial charge in [-0.1, -0.05) is 6.42 Å². The van der Waals surface area contributed by atoms with Crippen LogP contribution in [0.3, 0.4) is 0 Å². The number of aliphatic carboxylic acids is 1. The number of hydrogen-bond donors (Lipinski definition) is 13. The number of carbonyl (C=O) groups excluding carboxylic acids is 2. The molecule has 14 N–H and O–H groups in total. The summed E-state index contributed by atoms with van der Waals surface area (Å²) in [4.78, 5) is 90.3. The number of ether oxygens (including phenoxy) is 2. The van der Waals surface area contributed by atoms with Gasteiger partial charge in [-0.05, 0) is 54.8 Å². The van der Waals surface area contributed by atoms with Crippen molar-refractivity contribution >= 4 is 48.4 Å². The largest absolute Gasteiger partial charge is 0.505 e. The lowest BCUT2D eigenvalue weighted by molar-refractivity contribution is -0.289. The van der Waals surface area contributed by atoms with Crippen LogP contribution in [-0.4, -0.2) is 158 Å². The minimum Gasteiger partial charge on any atom is -0.505 e. The third kappa shape index (κ3) is 12.0. The number of nitrogens with zero attached hydrogens (tertiary/aromatic N) is 2. The lowest BCUT2D eigenvalue weighted by atomic mass is 9.88. The van der Waals surface area contributed by atoms with E-state index in [9.17, 15) is 93.0 Å². The number of unbranched alkanes of at least 4 members (excludes halogenated alkanes) is 2. The van der Waals surface area contributed by atoms with E-state index in [-0.39, 0.29) is 77.0 Å². The zero-order valence-corrected chi connectivity index (χ0v) is 39.5. The van der Waals surface area contributed by atoms with Crippen molar-refractivity contribution in [1.82, 2.24) is 20.2 Å². The van der Waals surface area contributed by atoms with Crippen LogP contribution in [0.4, 0.5) is 14.6 Å². The summed E-state index contributed by atoms with van der Waals surface area (Å²) in [7, 11) is -5.70. The van der Waals surface area contributed by atoms with Gasteiger partial charge in [-0.3, -0.25) is 23.5 Å². The molecule has 30 heteroatoms. The van der Waals surface area contributed by atoms with E-state index in [1.807, 2.05) is 0 Å². The van der Waals surface area contributed by atoms with Crippen molar-refractivity contribution in [1.29, 1.82) is 0 Å². The van der Waals surface area contributed by atoms with Gasteiger partial charge in [-0.15, -0.1) is 0 Å². The molecule has 2 aromatic carbocycles. The normalized spacial score (nSPS) is 24.4. The number of nitrogens with two attached hydrogens (primary N) is 1. The summed E-state index contributed by atoms with van der Waals surface area (Å²) < 4.78 is 69.7. The molecule has 4 heterocycles. The van der Waals surface area contributed by atoms with Gasteiger partial charge < -0.3 is 81.1 Å². The van der Waals surface area contributed by atoms with Gasteiger partial charge in [-0.2, -0.15) is 4.98 Å². The predicted octanol–water partition coefficient (Wildman–Crippen LogP) is -0.741. The van der Waals surface area contributed by atoms with Crippen LogP contribution >= 0.6 is 7.82 Å². The van der Waals surface area contributed by atoms with E-state index >= 15 is 0 Å².